The lowest BCUT2D eigenvalue weighted by atomic mass is 10.1. The summed E-state index contributed by atoms with van der Waals surface area (Å²) >= 11 is 0. The topological polar surface area (TPSA) is 49.0 Å². The van der Waals surface area contributed by atoms with Crippen LogP contribution in [0.3, 0.4) is 0 Å². The van der Waals surface area contributed by atoms with E-state index in [-0.39, 0.29) is 6.10 Å². The minimum Gasteiger partial charge on any atom is -0.496 e. The number of hydrogen-bond acceptors (Lipinski definition) is 5. The lowest BCUT2D eigenvalue weighted by molar-refractivity contribution is 0.0228. The third-order valence-electron chi connectivity index (χ3n) is 3.06. The smallest absolute Gasteiger partial charge is 0.124 e. The van der Waals surface area contributed by atoms with Crippen LogP contribution in [0.2, 0.25) is 0 Å². The van der Waals surface area contributed by atoms with Crippen molar-refractivity contribution < 1.29 is 18.9 Å². The highest BCUT2D eigenvalue weighted by atomic mass is 16.5. The lowest BCUT2D eigenvalue weighted by Crippen LogP contribution is -2.21. The summed E-state index contributed by atoms with van der Waals surface area (Å²) in [5.74, 6) is 0.856. The molecule has 120 valence electrons. The Morgan fingerprint density at radius 3 is 2.57 bits per heavy atom. The van der Waals surface area contributed by atoms with Gasteiger partial charge in [-0.1, -0.05) is 18.2 Å². The molecule has 21 heavy (non-hydrogen) atoms. The predicted octanol–water partition coefficient (Wildman–Crippen LogP) is 2.03. The van der Waals surface area contributed by atoms with E-state index in [4.69, 9.17) is 18.9 Å². The SMILES string of the molecule is CNCC(OCCCOCCOC)c1ccccc1OC. The Hall–Kier alpha value is -1.14. The van der Waals surface area contributed by atoms with Crippen molar-refractivity contribution >= 4 is 0 Å². The number of hydrogen-bond donors (Lipinski definition) is 1. The average Bonchev–Trinajstić information content (AvgIpc) is 2.53. The normalized spacial score (nSPS) is 12.3. The second-order valence-electron chi connectivity index (χ2n) is 4.62. The molecule has 0 bridgehead atoms. The van der Waals surface area contributed by atoms with Crippen molar-refractivity contribution in [1.29, 1.82) is 0 Å². The number of likely N-dealkylation sites (N-methyl/N-ethyl adjacent to an activating group) is 1. The minimum absolute atomic E-state index is 0.0230. The van der Waals surface area contributed by atoms with E-state index in [1.165, 1.54) is 0 Å². The Morgan fingerprint density at radius 1 is 1.05 bits per heavy atom. The van der Waals surface area contributed by atoms with Gasteiger partial charge in [0, 0.05) is 32.4 Å². The van der Waals surface area contributed by atoms with Crippen LogP contribution in [-0.2, 0) is 14.2 Å². The van der Waals surface area contributed by atoms with Crippen molar-refractivity contribution in [1.82, 2.24) is 5.32 Å². The summed E-state index contributed by atoms with van der Waals surface area (Å²) in [6.45, 7) is 3.33. The zero-order chi connectivity index (χ0) is 15.3. The molecule has 1 aromatic rings. The summed E-state index contributed by atoms with van der Waals surface area (Å²) in [6, 6.07) is 7.95. The van der Waals surface area contributed by atoms with E-state index in [1.54, 1.807) is 14.2 Å². The van der Waals surface area contributed by atoms with Crippen LogP contribution in [0.1, 0.15) is 18.1 Å². The van der Waals surface area contributed by atoms with Crippen molar-refractivity contribution in [2.24, 2.45) is 0 Å². The van der Waals surface area contributed by atoms with Gasteiger partial charge in [0.15, 0.2) is 0 Å². The molecule has 0 spiro atoms. The molecule has 0 amide bonds. The van der Waals surface area contributed by atoms with Crippen LogP contribution >= 0.6 is 0 Å². The highest BCUT2D eigenvalue weighted by Crippen LogP contribution is 2.27. The van der Waals surface area contributed by atoms with Crippen molar-refractivity contribution in [3.05, 3.63) is 29.8 Å². The van der Waals surface area contributed by atoms with E-state index < -0.39 is 0 Å². The summed E-state index contributed by atoms with van der Waals surface area (Å²) < 4.78 is 21.7. The van der Waals surface area contributed by atoms with Gasteiger partial charge in [0.2, 0.25) is 0 Å². The quantitative estimate of drug-likeness (QED) is 0.598. The summed E-state index contributed by atoms with van der Waals surface area (Å²) in [6.07, 6.45) is 0.837. The molecule has 1 N–H and O–H groups in total. The van der Waals surface area contributed by atoms with Gasteiger partial charge in [-0.15, -0.1) is 0 Å². The maximum absolute atomic E-state index is 5.96. The number of methoxy groups -OCH3 is 2. The third-order valence-corrected chi connectivity index (χ3v) is 3.06. The molecule has 0 aliphatic carbocycles. The first kappa shape index (κ1) is 17.9. The van der Waals surface area contributed by atoms with Gasteiger partial charge >= 0.3 is 0 Å². The van der Waals surface area contributed by atoms with Gasteiger partial charge in [-0.2, -0.15) is 0 Å². The molecular weight excluding hydrogens is 270 g/mol. The molecule has 1 atom stereocenters. The fourth-order valence-corrected chi connectivity index (χ4v) is 2.01. The first-order valence-electron chi connectivity index (χ1n) is 7.29. The van der Waals surface area contributed by atoms with Gasteiger partial charge < -0.3 is 24.3 Å². The molecule has 1 unspecified atom stereocenters. The van der Waals surface area contributed by atoms with Crippen molar-refractivity contribution in [2.75, 3.05) is 54.2 Å². The maximum Gasteiger partial charge on any atom is 0.124 e. The summed E-state index contributed by atoms with van der Waals surface area (Å²) in [4.78, 5) is 0. The number of nitrogens with one attached hydrogen (secondary N) is 1. The number of ether oxygens (including phenoxy) is 4. The summed E-state index contributed by atoms with van der Waals surface area (Å²) in [5, 5.41) is 3.16. The standard InChI is InChI=1S/C16H27NO4/c1-17-13-16(14-7-4-5-8-15(14)19-3)21-10-6-9-20-12-11-18-2/h4-5,7-8,16-17H,6,9-13H2,1-3H3. The van der Waals surface area contributed by atoms with Gasteiger partial charge in [0.1, 0.15) is 5.75 Å². The Morgan fingerprint density at radius 2 is 1.86 bits per heavy atom. The molecule has 0 saturated carbocycles. The highest BCUT2D eigenvalue weighted by molar-refractivity contribution is 5.35. The number of rotatable bonds is 12. The van der Waals surface area contributed by atoms with E-state index in [9.17, 15) is 0 Å². The van der Waals surface area contributed by atoms with E-state index >= 15 is 0 Å². The van der Waals surface area contributed by atoms with Crippen LogP contribution in [0.4, 0.5) is 0 Å². The van der Waals surface area contributed by atoms with E-state index in [0.717, 1.165) is 24.3 Å². The van der Waals surface area contributed by atoms with E-state index in [2.05, 4.69) is 5.32 Å². The zero-order valence-electron chi connectivity index (χ0n) is 13.3. The van der Waals surface area contributed by atoms with Crippen LogP contribution in [0.5, 0.6) is 5.75 Å². The highest BCUT2D eigenvalue weighted by Gasteiger charge is 2.15. The van der Waals surface area contributed by atoms with Gasteiger partial charge in [0.25, 0.3) is 0 Å². The Kier molecular flexibility index (Phi) is 9.82. The maximum atomic E-state index is 5.96. The largest absolute Gasteiger partial charge is 0.496 e. The van der Waals surface area contributed by atoms with E-state index in [0.29, 0.717) is 26.4 Å². The second-order valence-corrected chi connectivity index (χ2v) is 4.62. The van der Waals surface area contributed by atoms with E-state index in [1.807, 2.05) is 31.3 Å². The van der Waals surface area contributed by atoms with Gasteiger partial charge in [0.05, 0.1) is 26.4 Å². The monoisotopic (exact) mass is 297 g/mol. The van der Waals surface area contributed by atoms with Crippen LogP contribution in [0.15, 0.2) is 24.3 Å². The Bertz CT molecular complexity index is 373. The lowest BCUT2D eigenvalue weighted by Gasteiger charge is -2.20. The minimum atomic E-state index is -0.0230. The molecule has 0 fully saturated rings. The molecule has 0 aliphatic heterocycles. The number of para-hydroxylation sites is 1. The second kappa shape index (κ2) is 11.5. The molecule has 1 aromatic carbocycles. The summed E-state index contributed by atoms with van der Waals surface area (Å²) in [5.41, 5.74) is 1.06. The molecule has 5 nitrogen and oxygen atoms in total. The van der Waals surface area contributed by atoms with Crippen molar-refractivity contribution in [3.63, 3.8) is 0 Å². The third kappa shape index (κ3) is 6.91. The van der Waals surface area contributed by atoms with Gasteiger partial charge in [-0.25, -0.2) is 0 Å². The van der Waals surface area contributed by atoms with Crippen LogP contribution in [0.25, 0.3) is 0 Å². The first-order chi connectivity index (χ1) is 10.3. The van der Waals surface area contributed by atoms with Crippen LogP contribution in [0, 0.1) is 0 Å². The van der Waals surface area contributed by atoms with Crippen molar-refractivity contribution in [2.45, 2.75) is 12.5 Å². The molecular formula is C16H27NO4. The molecule has 0 aromatic heterocycles. The van der Waals surface area contributed by atoms with Crippen molar-refractivity contribution in [3.8, 4) is 5.75 Å². The zero-order valence-corrected chi connectivity index (χ0v) is 13.3. The molecule has 1 rings (SSSR count). The molecule has 0 aliphatic rings. The average molecular weight is 297 g/mol. The molecule has 0 saturated heterocycles. The summed E-state index contributed by atoms with van der Waals surface area (Å²) in [7, 11) is 5.26. The Balaban J connectivity index is 2.39. The first-order valence-corrected chi connectivity index (χ1v) is 7.29. The van der Waals surface area contributed by atoms with Crippen LogP contribution in [-0.4, -0.2) is 54.2 Å². The molecule has 5 heteroatoms. The predicted molar refractivity (Wildman–Crippen MR) is 82.9 cm³/mol. The molecule has 0 radical (unpaired) electrons. The van der Waals surface area contributed by atoms with Crippen LogP contribution < -0.4 is 10.1 Å². The Labute approximate surface area is 127 Å². The fraction of sp³-hybridized carbons (Fsp3) is 0.625. The van der Waals surface area contributed by atoms with Gasteiger partial charge in [-0.05, 0) is 19.5 Å². The fourth-order valence-electron chi connectivity index (χ4n) is 2.01. The molecule has 0 heterocycles. The number of benzene rings is 1. The van der Waals surface area contributed by atoms with Gasteiger partial charge in [-0.3, -0.25) is 0 Å².